The van der Waals surface area contributed by atoms with E-state index in [9.17, 15) is 9.18 Å². The molecule has 2 heterocycles. The summed E-state index contributed by atoms with van der Waals surface area (Å²) in [6, 6.07) is -0.207. The minimum Gasteiger partial charge on any atom is -0.444 e. The van der Waals surface area contributed by atoms with Gasteiger partial charge in [0.05, 0.1) is 30.7 Å². The average molecular weight is 339 g/mol. The summed E-state index contributed by atoms with van der Waals surface area (Å²) in [7, 11) is 0. The smallest absolute Gasteiger partial charge is 0.412 e. The Kier molecular flexibility index (Phi) is 5.03. The Morgan fingerprint density at radius 2 is 2.17 bits per heavy atom. The number of pyridine rings is 1. The Hall–Kier alpha value is -1.89. The van der Waals surface area contributed by atoms with E-state index in [1.54, 1.807) is 4.90 Å². The van der Waals surface area contributed by atoms with E-state index in [1.165, 1.54) is 6.20 Å². The van der Waals surface area contributed by atoms with E-state index in [0.29, 0.717) is 30.7 Å². The molecule has 1 aliphatic heterocycles. The number of carbonyl (C=O) groups excluding carboxylic acids is 1. The molecule has 1 amide bonds. The van der Waals surface area contributed by atoms with Gasteiger partial charge >= 0.3 is 6.09 Å². The summed E-state index contributed by atoms with van der Waals surface area (Å²) in [6.07, 6.45) is 3.06. The predicted molar refractivity (Wildman–Crippen MR) is 88.8 cm³/mol. The number of rotatable bonds is 3. The standard InChI is InChI=1S/C17H26FN3O3/c1-16(2,3)24-15(22)21-11(10-23-17(21,4)5)6-7-12-13(18)8-20-9-14(12)19/h8-9,11H,6-7,10,19H2,1-5H3. The number of nitrogens with two attached hydrogens (primary N) is 1. The maximum atomic E-state index is 13.9. The van der Waals surface area contributed by atoms with Crippen LogP contribution in [0.1, 0.15) is 46.6 Å². The zero-order valence-corrected chi connectivity index (χ0v) is 14.9. The van der Waals surface area contributed by atoms with Crippen LogP contribution in [0.5, 0.6) is 0 Å². The van der Waals surface area contributed by atoms with Crippen LogP contribution < -0.4 is 5.73 Å². The molecule has 0 aromatic carbocycles. The van der Waals surface area contributed by atoms with E-state index >= 15 is 0 Å². The molecule has 1 aromatic rings. The zero-order valence-electron chi connectivity index (χ0n) is 14.9. The first-order chi connectivity index (χ1) is 11.0. The van der Waals surface area contributed by atoms with E-state index < -0.39 is 23.2 Å². The van der Waals surface area contributed by atoms with Crippen molar-refractivity contribution in [2.24, 2.45) is 0 Å². The SMILES string of the molecule is CC(C)(C)OC(=O)N1C(CCc2c(N)cncc2F)COC1(C)C. The third-order valence-electron chi connectivity index (χ3n) is 3.93. The van der Waals surface area contributed by atoms with E-state index in [4.69, 9.17) is 15.2 Å². The van der Waals surface area contributed by atoms with Crippen LogP contribution in [0, 0.1) is 5.82 Å². The molecule has 1 aliphatic rings. The van der Waals surface area contributed by atoms with Crippen LogP contribution in [0.2, 0.25) is 0 Å². The maximum absolute atomic E-state index is 13.9. The number of nitrogens with zero attached hydrogens (tertiary/aromatic N) is 2. The van der Waals surface area contributed by atoms with Gasteiger partial charge in [-0.2, -0.15) is 0 Å². The lowest BCUT2D eigenvalue weighted by Gasteiger charge is -2.35. The molecule has 1 aromatic heterocycles. The summed E-state index contributed by atoms with van der Waals surface area (Å²) in [5.41, 5.74) is 5.17. The van der Waals surface area contributed by atoms with Crippen molar-refractivity contribution in [2.75, 3.05) is 12.3 Å². The second-order valence-electron chi connectivity index (χ2n) is 7.49. The Morgan fingerprint density at radius 1 is 1.50 bits per heavy atom. The van der Waals surface area contributed by atoms with Gasteiger partial charge in [0.25, 0.3) is 0 Å². The fourth-order valence-corrected chi connectivity index (χ4v) is 2.83. The van der Waals surface area contributed by atoms with E-state index in [-0.39, 0.29) is 6.04 Å². The summed E-state index contributed by atoms with van der Waals surface area (Å²) in [6.45, 7) is 9.46. The number of carbonyl (C=O) groups is 1. The normalized spacial score (nSPS) is 20.2. The van der Waals surface area contributed by atoms with E-state index in [1.807, 2.05) is 34.6 Å². The highest BCUT2D eigenvalue weighted by Gasteiger charge is 2.45. The second kappa shape index (κ2) is 6.55. The Balaban J connectivity index is 2.12. The van der Waals surface area contributed by atoms with Gasteiger partial charge in [-0.15, -0.1) is 0 Å². The summed E-state index contributed by atoms with van der Waals surface area (Å²) in [4.78, 5) is 17.9. The lowest BCUT2D eigenvalue weighted by Crippen LogP contribution is -2.50. The number of nitrogen functional groups attached to an aromatic ring is 1. The first kappa shape index (κ1) is 18.4. The fraction of sp³-hybridized carbons (Fsp3) is 0.647. The molecule has 0 spiro atoms. The largest absolute Gasteiger partial charge is 0.444 e. The van der Waals surface area contributed by atoms with Crippen molar-refractivity contribution in [1.82, 2.24) is 9.88 Å². The average Bonchev–Trinajstić information content (AvgIpc) is 2.71. The highest BCUT2D eigenvalue weighted by atomic mass is 19.1. The molecule has 134 valence electrons. The zero-order chi connectivity index (χ0) is 18.1. The summed E-state index contributed by atoms with van der Waals surface area (Å²) in [5, 5.41) is 0. The lowest BCUT2D eigenvalue weighted by molar-refractivity contribution is -0.0626. The first-order valence-electron chi connectivity index (χ1n) is 8.05. The molecular formula is C17H26FN3O3. The Labute approximate surface area is 142 Å². The van der Waals surface area contributed by atoms with E-state index in [2.05, 4.69) is 4.98 Å². The van der Waals surface area contributed by atoms with Crippen molar-refractivity contribution in [3.63, 3.8) is 0 Å². The molecule has 0 radical (unpaired) electrons. The van der Waals surface area contributed by atoms with Crippen LogP contribution in [0.3, 0.4) is 0 Å². The summed E-state index contributed by atoms with van der Waals surface area (Å²) < 4.78 is 25.1. The minimum atomic E-state index is -0.769. The molecule has 6 nitrogen and oxygen atoms in total. The molecule has 0 aliphatic carbocycles. The first-order valence-corrected chi connectivity index (χ1v) is 8.05. The topological polar surface area (TPSA) is 77.7 Å². The molecule has 1 unspecified atom stereocenters. The number of halogens is 1. The molecule has 1 atom stereocenters. The minimum absolute atomic E-state index is 0.207. The van der Waals surface area contributed by atoms with Gasteiger partial charge in [0, 0.05) is 5.56 Å². The maximum Gasteiger partial charge on any atom is 0.412 e. The third kappa shape index (κ3) is 4.14. The highest BCUT2D eigenvalue weighted by molar-refractivity contribution is 5.69. The highest BCUT2D eigenvalue weighted by Crippen LogP contribution is 2.32. The molecule has 0 saturated carbocycles. The van der Waals surface area contributed by atoms with Crippen LogP contribution in [0.15, 0.2) is 12.4 Å². The number of ether oxygens (including phenoxy) is 2. The fourth-order valence-electron chi connectivity index (χ4n) is 2.83. The van der Waals surface area contributed by atoms with Crippen molar-refractivity contribution in [3.05, 3.63) is 23.8 Å². The number of hydrogen-bond donors (Lipinski definition) is 1. The molecule has 7 heteroatoms. The number of aromatic nitrogens is 1. The van der Waals surface area contributed by atoms with Crippen molar-refractivity contribution >= 4 is 11.8 Å². The number of anilines is 1. The Morgan fingerprint density at radius 3 is 2.75 bits per heavy atom. The monoisotopic (exact) mass is 339 g/mol. The van der Waals surface area contributed by atoms with Crippen molar-refractivity contribution in [3.8, 4) is 0 Å². The van der Waals surface area contributed by atoms with Crippen molar-refractivity contribution in [1.29, 1.82) is 0 Å². The molecule has 2 N–H and O–H groups in total. The van der Waals surface area contributed by atoms with Gasteiger partial charge < -0.3 is 15.2 Å². The van der Waals surface area contributed by atoms with Crippen LogP contribution in [0.25, 0.3) is 0 Å². The molecule has 1 fully saturated rings. The summed E-state index contributed by atoms with van der Waals surface area (Å²) >= 11 is 0. The quantitative estimate of drug-likeness (QED) is 0.915. The summed E-state index contributed by atoms with van der Waals surface area (Å²) in [5.74, 6) is -0.433. The van der Waals surface area contributed by atoms with Crippen molar-refractivity contribution in [2.45, 2.75) is 64.8 Å². The lowest BCUT2D eigenvalue weighted by atomic mass is 10.0. The Bertz CT molecular complexity index is 593. The molecule has 2 rings (SSSR count). The molecule has 1 saturated heterocycles. The van der Waals surface area contributed by atoms with Gasteiger partial charge in [-0.05, 0) is 47.5 Å². The molecular weight excluding hydrogens is 313 g/mol. The number of amides is 1. The van der Waals surface area contributed by atoms with Gasteiger partial charge in [0.2, 0.25) is 0 Å². The van der Waals surface area contributed by atoms with Crippen LogP contribution in [0.4, 0.5) is 14.9 Å². The van der Waals surface area contributed by atoms with Gasteiger partial charge in [-0.3, -0.25) is 9.88 Å². The van der Waals surface area contributed by atoms with Gasteiger partial charge in [0.15, 0.2) is 0 Å². The van der Waals surface area contributed by atoms with Gasteiger partial charge in [-0.25, -0.2) is 9.18 Å². The molecule has 0 bridgehead atoms. The number of hydrogen-bond acceptors (Lipinski definition) is 5. The predicted octanol–water partition coefficient (Wildman–Crippen LogP) is 3.11. The van der Waals surface area contributed by atoms with Crippen LogP contribution in [-0.4, -0.2) is 40.0 Å². The van der Waals surface area contributed by atoms with Crippen molar-refractivity contribution < 1.29 is 18.7 Å². The third-order valence-corrected chi connectivity index (χ3v) is 3.93. The van der Waals surface area contributed by atoms with Crippen LogP contribution >= 0.6 is 0 Å². The van der Waals surface area contributed by atoms with E-state index in [0.717, 1.165) is 6.20 Å². The second-order valence-corrected chi connectivity index (χ2v) is 7.49. The molecule has 24 heavy (non-hydrogen) atoms. The van der Waals surface area contributed by atoms with Crippen LogP contribution in [-0.2, 0) is 15.9 Å². The van der Waals surface area contributed by atoms with Gasteiger partial charge in [0.1, 0.15) is 17.1 Å². The van der Waals surface area contributed by atoms with Gasteiger partial charge in [-0.1, -0.05) is 0 Å².